The highest BCUT2D eigenvalue weighted by molar-refractivity contribution is 7.26. The standard InChI is InChI=1S/C41H25N3S/c1-2-10-28(11-3-1)39-42-40(29-20-17-27(18-21-29)33-22-19-26-9-4-5-12-30(26)23-33)44-41(43-39)35-16-8-15-34-36-24-31-13-6-7-14-32(31)25-37(36)45-38(34)35/h1-25H. The first-order valence-corrected chi connectivity index (χ1v) is 15.8. The van der Waals surface area contributed by atoms with Gasteiger partial charge in [-0.3, -0.25) is 0 Å². The molecule has 0 atom stereocenters. The normalized spacial score (nSPS) is 11.6. The van der Waals surface area contributed by atoms with Crippen LogP contribution in [0.4, 0.5) is 0 Å². The fraction of sp³-hybridized carbons (Fsp3) is 0. The Kier molecular flexibility index (Phi) is 6.00. The second-order valence-electron chi connectivity index (χ2n) is 11.3. The van der Waals surface area contributed by atoms with E-state index in [9.17, 15) is 0 Å². The van der Waals surface area contributed by atoms with Crippen molar-refractivity contribution in [1.29, 1.82) is 0 Å². The van der Waals surface area contributed by atoms with Gasteiger partial charge in [-0.1, -0.05) is 127 Å². The summed E-state index contributed by atoms with van der Waals surface area (Å²) in [5.41, 5.74) is 5.28. The summed E-state index contributed by atoms with van der Waals surface area (Å²) >= 11 is 1.80. The third kappa shape index (κ3) is 4.55. The van der Waals surface area contributed by atoms with E-state index in [1.807, 2.05) is 18.2 Å². The van der Waals surface area contributed by atoms with Crippen LogP contribution in [0, 0.1) is 0 Å². The zero-order valence-corrected chi connectivity index (χ0v) is 25.0. The molecule has 0 bridgehead atoms. The molecule has 0 N–H and O–H groups in total. The SMILES string of the molecule is c1ccc(-c2nc(-c3ccc(-c4ccc5ccccc5c4)cc3)nc(-c3cccc4c3sc3cc5ccccc5cc34)n2)cc1. The Hall–Kier alpha value is -5.71. The molecule has 45 heavy (non-hydrogen) atoms. The maximum atomic E-state index is 5.10. The average molecular weight is 592 g/mol. The number of benzene rings is 7. The molecule has 7 aromatic carbocycles. The van der Waals surface area contributed by atoms with Gasteiger partial charge in [-0.05, 0) is 56.9 Å². The molecule has 9 rings (SSSR count). The second kappa shape index (κ2) is 10.5. The van der Waals surface area contributed by atoms with Gasteiger partial charge in [-0.25, -0.2) is 15.0 Å². The molecule has 0 saturated carbocycles. The molecule has 4 heteroatoms. The zero-order chi connectivity index (χ0) is 29.7. The van der Waals surface area contributed by atoms with E-state index in [0.717, 1.165) is 22.3 Å². The third-order valence-corrected chi connectivity index (χ3v) is 9.70. The van der Waals surface area contributed by atoms with Crippen LogP contribution in [0.2, 0.25) is 0 Å². The first kappa shape index (κ1) is 25.8. The smallest absolute Gasteiger partial charge is 0.165 e. The van der Waals surface area contributed by atoms with E-state index in [0.29, 0.717) is 17.5 Å². The largest absolute Gasteiger partial charge is 0.208 e. The Balaban J connectivity index is 1.19. The molecule has 0 spiro atoms. The van der Waals surface area contributed by atoms with Crippen LogP contribution in [0.1, 0.15) is 0 Å². The zero-order valence-electron chi connectivity index (χ0n) is 24.2. The lowest BCUT2D eigenvalue weighted by Gasteiger charge is -2.10. The number of fused-ring (bicyclic) bond motifs is 5. The Bertz CT molecular complexity index is 2530. The fourth-order valence-corrected chi connectivity index (χ4v) is 7.42. The van der Waals surface area contributed by atoms with Crippen LogP contribution < -0.4 is 0 Å². The van der Waals surface area contributed by atoms with Crippen molar-refractivity contribution in [2.24, 2.45) is 0 Å². The quantitative estimate of drug-likeness (QED) is 0.204. The minimum absolute atomic E-state index is 0.660. The van der Waals surface area contributed by atoms with Gasteiger partial charge in [0.05, 0.1) is 0 Å². The molecule has 0 fully saturated rings. The minimum atomic E-state index is 0.660. The van der Waals surface area contributed by atoms with Crippen LogP contribution in [0.5, 0.6) is 0 Å². The summed E-state index contributed by atoms with van der Waals surface area (Å²) in [5.74, 6) is 2.00. The summed E-state index contributed by atoms with van der Waals surface area (Å²) in [5, 5.41) is 7.46. The van der Waals surface area contributed by atoms with Gasteiger partial charge >= 0.3 is 0 Å². The predicted molar refractivity (Wildman–Crippen MR) is 189 cm³/mol. The Morgan fingerprint density at radius 2 is 0.933 bits per heavy atom. The molecule has 3 nitrogen and oxygen atoms in total. The van der Waals surface area contributed by atoms with E-state index in [2.05, 4.69) is 133 Å². The van der Waals surface area contributed by atoms with Gasteiger partial charge in [0, 0.05) is 36.9 Å². The van der Waals surface area contributed by atoms with Crippen LogP contribution in [-0.2, 0) is 0 Å². The summed E-state index contributed by atoms with van der Waals surface area (Å²) in [4.78, 5) is 15.1. The Labute approximate surface area is 264 Å². The van der Waals surface area contributed by atoms with Gasteiger partial charge in [-0.15, -0.1) is 11.3 Å². The number of nitrogens with zero attached hydrogens (tertiary/aromatic N) is 3. The van der Waals surface area contributed by atoms with Crippen LogP contribution in [0.15, 0.2) is 152 Å². The average Bonchev–Trinajstić information content (AvgIpc) is 3.48. The van der Waals surface area contributed by atoms with Crippen LogP contribution >= 0.6 is 11.3 Å². The van der Waals surface area contributed by atoms with E-state index < -0.39 is 0 Å². The number of hydrogen-bond acceptors (Lipinski definition) is 4. The summed E-state index contributed by atoms with van der Waals surface area (Å²) in [6.45, 7) is 0. The summed E-state index contributed by atoms with van der Waals surface area (Å²) in [6, 6.07) is 53.4. The van der Waals surface area contributed by atoms with Gasteiger partial charge in [0.15, 0.2) is 17.5 Å². The van der Waals surface area contributed by atoms with Crippen molar-refractivity contribution < 1.29 is 0 Å². The molecule has 2 aromatic heterocycles. The third-order valence-electron chi connectivity index (χ3n) is 8.50. The lowest BCUT2D eigenvalue weighted by molar-refractivity contribution is 1.08. The van der Waals surface area contributed by atoms with Crippen molar-refractivity contribution in [2.45, 2.75) is 0 Å². The highest BCUT2D eigenvalue weighted by Gasteiger charge is 2.17. The van der Waals surface area contributed by atoms with Crippen LogP contribution in [0.3, 0.4) is 0 Å². The predicted octanol–water partition coefficient (Wildman–Crippen LogP) is 11.2. The van der Waals surface area contributed by atoms with Gasteiger partial charge in [0.2, 0.25) is 0 Å². The molecule has 0 saturated heterocycles. The van der Waals surface area contributed by atoms with Gasteiger partial charge in [-0.2, -0.15) is 0 Å². The van der Waals surface area contributed by atoms with Crippen molar-refractivity contribution in [1.82, 2.24) is 15.0 Å². The number of thiophene rings is 1. The highest BCUT2D eigenvalue weighted by atomic mass is 32.1. The van der Waals surface area contributed by atoms with Crippen molar-refractivity contribution in [3.8, 4) is 45.3 Å². The molecule has 0 aliphatic rings. The van der Waals surface area contributed by atoms with E-state index in [1.165, 1.54) is 47.3 Å². The molecule has 210 valence electrons. The number of aromatic nitrogens is 3. The van der Waals surface area contributed by atoms with Crippen LogP contribution in [0.25, 0.3) is 87.0 Å². The van der Waals surface area contributed by atoms with Crippen molar-refractivity contribution in [3.63, 3.8) is 0 Å². The maximum absolute atomic E-state index is 5.10. The molecule has 2 heterocycles. The molecule has 0 radical (unpaired) electrons. The molecule has 0 aliphatic carbocycles. The molecular formula is C41H25N3S. The molecule has 0 unspecified atom stereocenters. The maximum Gasteiger partial charge on any atom is 0.165 e. The van der Waals surface area contributed by atoms with Crippen molar-refractivity contribution in [2.75, 3.05) is 0 Å². The van der Waals surface area contributed by atoms with E-state index >= 15 is 0 Å². The summed E-state index contributed by atoms with van der Waals surface area (Å²) in [7, 11) is 0. The summed E-state index contributed by atoms with van der Waals surface area (Å²) < 4.78 is 2.45. The van der Waals surface area contributed by atoms with Crippen molar-refractivity contribution >= 4 is 53.1 Å². The van der Waals surface area contributed by atoms with E-state index in [4.69, 9.17) is 15.0 Å². The van der Waals surface area contributed by atoms with Crippen molar-refractivity contribution in [3.05, 3.63) is 152 Å². The van der Waals surface area contributed by atoms with E-state index in [-0.39, 0.29) is 0 Å². The lowest BCUT2D eigenvalue weighted by atomic mass is 10.00. The highest BCUT2D eigenvalue weighted by Crippen LogP contribution is 2.41. The van der Waals surface area contributed by atoms with Gasteiger partial charge in [0.25, 0.3) is 0 Å². The molecular weight excluding hydrogens is 567 g/mol. The summed E-state index contributed by atoms with van der Waals surface area (Å²) in [6.07, 6.45) is 0. The number of hydrogen-bond donors (Lipinski definition) is 0. The van der Waals surface area contributed by atoms with Gasteiger partial charge in [0.1, 0.15) is 0 Å². The Morgan fingerprint density at radius 1 is 0.356 bits per heavy atom. The minimum Gasteiger partial charge on any atom is -0.208 e. The first-order chi connectivity index (χ1) is 22.3. The molecule has 0 amide bonds. The molecule has 0 aliphatic heterocycles. The topological polar surface area (TPSA) is 38.7 Å². The van der Waals surface area contributed by atoms with E-state index in [1.54, 1.807) is 11.3 Å². The van der Waals surface area contributed by atoms with Crippen LogP contribution in [-0.4, -0.2) is 15.0 Å². The fourth-order valence-electron chi connectivity index (χ4n) is 6.18. The lowest BCUT2D eigenvalue weighted by Crippen LogP contribution is -2.00. The first-order valence-electron chi connectivity index (χ1n) is 15.0. The Morgan fingerprint density at radius 3 is 1.69 bits per heavy atom. The molecule has 9 aromatic rings. The van der Waals surface area contributed by atoms with Gasteiger partial charge < -0.3 is 0 Å². The number of rotatable bonds is 4. The second-order valence-corrected chi connectivity index (χ2v) is 12.3. The monoisotopic (exact) mass is 591 g/mol.